The number of aliphatic hydroxyl groups is 1. The number of nitrogens with zero attached hydrogens (tertiary/aromatic N) is 1. The van der Waals surface area contributed by atoms with Crippen LogP contribution in [0.3, 0.4) is 0 Å². The molecule has 5 rings (SSSR count). The third-order valence-electron chi connectivity index (χ3n) is 7.47. The van der Waals surface area contributed by atoms with Crippen LogP contribution in [0, 0.1) is 30.6 Å². The predicted octanol–water partition coefficient (Wildman–Crippen LogP) is 4.09. The molecule has 186 valence electrons. The minimum absolute atomic E-state index is 0. The van der Waals surface area contributed by atoms with Crippen LogP contribution in [0.2, 0.25) is 0 Å². The number of phenolic OH excluding ortho intramolecular Hbond substituents is 1. The summed E-state index contributed by atoms with van der Waals surface area (Å²) in [6.07, 6.45) is 2.75. The molecule has 3 unspecified atom stereocenters. The molecule has 2 aromatic rings. The van der Waals surface area contributed by atoms with Crippen molar-refractivity contribution in [3.63, 3.8) is 0 Å². The van der Waals surface area contributed by atoms with Crippen LogP contribution in [0.5, 0.6) is 5.75 Å². The van der Waals surface area contributed by atoms with Gasteiger partial charge in [-0.05, 0) is 86.8 Å². The second-order valence-corrected chi connectivity index (χ2v) is 9.59. The van der Waals surface area contributed by atoms with Gasteiger partial charge in [0.15, 0.2) is 17.3 Å². The minimum Gasteiger partial charge on any atom is -0.507 e. The van der Waals surface area contributed by atoms with Crippen LogP contribution in [0.4, 0.5) is 4.39 Å². The number of allylic oxidation sites excluding steroid dienone is 3. The quantitative estimate of drug-likeness (QED) is 0.375. The number of Topliss-reactive ketones (excluding diaryl/α,β-unsaturated/α-hetero) is 3. The minimum atomic E-state index is -0.995. The molecular weight excluding hydrogens is 453 g/mol. The highest BCUT2D eigenvalue weighted by Gasteiger charge is 2.50. The van der Waals surface area contributed by atoms with Gasteiger partial charge in [-0.2, -0.15) is 4.39 Å². The number of phenols is 1. The number of carbonyl (C=O) groups excluding carboxylic acids is 3. The summed E-state index contributed by atoms with van der Waals surface area (Å²) in [6, 6.07) is 4.60. The first-order chi connectivity index (χ1) is 16.1. The number of aryl methyl sites for hydroxylation is 1. The highest BCUT2D eigenvalue weighted by atomic mass is 19.1. The first kappa shape index (κ1) is 24.5. The van der Waals surface area contributed by atoms with E-state index in [1.54, 1.807) is 26.0 Å². The van der Waals surface area contributed by atoms with Gasteiger partial charge < -0.3 is 15.7 Å². The van der Waals surface area contributed by atoms with E-state index in [4.69, 9.17) is 0 Å². The van der Waals surface area contributed by atoms with E-state index in [1.807, 2.05) is 0 Å². The molecule has 0 amide bonds. The van der Waals surface area contributed by atoms with Crippen molar-refractivity contribution in [2.45, 2.75) is 40.0 Å². The van der Waals surface area contributed by atoms with Crippen molar-refractivity contribution >= 4 is 23.1 Å². The molecule has 3 aliphatic rings. The summed E-state index contributed by atoms with van der Waals surface area (Å²) in [6.45, 7) is 4.76. The monoisotopic (exact) mass is 483 g/mol. The Labute approximate surface area is 204 Å². The number of aromatic hydroxyl groups is 1. The highest BCUT2D eigenvalue weighted by molar-refractivity contribution is 6.28. The van der Waals surface area contributed by atoms with E-state index < -0.39 is 23.4 Å². The summed E-state index contributed by atoms with van der Waals surface area (Å²) >= 11 is 0. The van der Waals surface area contributed by atoms with Crippen LogP contribution in [0.1, 0.15) is 46.2 Å². The number of ketones is 3. The third kappa shape index (κ3) is 3.60. The molecule has 0 bridgehead atoms. The Morgan fingerprint density at radius 1 is 1.14 bits per heavy atom. The average Bonchev–Trinajstić information content (AvgIpc) is 2.76. The molecule has 3 atom stereocenters. The van der Waals surface area contributed by atoms with E-state index in [-0.39, 0.29) is 54.2 Å². The Morgan fingerprint density at radius 2 is 1.86 bits per heavy atom. The molecule has 8 heteroatoms. The van der Waals surface area contributed by atoms with Crippen molar-refractivity contribution in [3.8, 4) is 16.9 Å². The lowest BCUT2D eigenvalue weighted by Gasteiger charge is -2.41. The number of aromatic nitrogens is 1. The fraction of sp³-hybridized carbons (Fsp3) is 0.333. The molecule has 0 radical (unpaired) electrons. The van der Waals surface area contributed by atoms with E-state index in [2.05, 4.69) is 4.98 Å². The number of hydrogen-bond donors (Lipinski definition) is 2. The number of halogens is 1. The molecule has 1 fully saturated rings. The van der Waals surface area contributed by atoms with Crippen molar-refractivity contribution in [2.75, 3.05) is 0 Å². The predicted molar refractivity (Wildman–Crippen MR) is 130 cm³/mol. The molecule has 1 heterocycles. The number of aliphatic hydroxyl groups excluding tert-OH is 1. The van der Waals surface area contributed by atoms with E-state index in [9.17, 15) is 29.0 Å². The Hall–Kier alpha value is -3.65. The van der Waals surface area contributed by atoms with Crippen molar-refractivity contribution in [3.05, 3.63) is 63.8 Å². The van der Waals surface area contributed by atoms with Gasteiger partial charge in [-0.25, -0.2) is 4.98 Å². The summed E-state index contributed by atoms with van der Waals surface area (Å²) in [5, 5.41) is 22.1. The summed E-state index contributed by atoms with van der Waals surface area (Å²) < 4.78 is 13.4. The van der Waals surface area contributed by atoms with Crippen LogP contribution < -0.4 is 0 Å². The Kier molecular flexibility index (Phi) is 5.97. The lowest BCUT2D eigenvalue weighted by Crippen LogP contribution is -2.45. The number of benzene rings is 1. The smallest absolute Gasteiger partial charge is 0.212 e. The largest absolute Gasteiger partial charge is 0.507 e. The second kappa shape index (κ2) is 8.53. The molecule has 1 aromatic carbocycles. The molecular formula is C27H30FNO6. The maximum atomic E-state index is 13.6. The van der Waals surface area contributed by atoms with E-state index in [1.165, 1.54) is 19.2 Å². The van der Waals surface area contributed by atoms with Crippen LogP contribution in [0.25, 0.3) is 16.9 Å². The van der Waals surface area contributed by atoms with Crippen molar-refractivity contribution in [1.29, 1.82) is 0 Å². The zero-order chi connectivity index (χ0) is 24.5. The highest BCUT2D eigenvalue weighted by Crippen LogP contribution is 2.51. The van der Waals surface area contributed by atoms with Gasteiger partial charge in [-0.1, -0.05) is 5.57 Å². The van der Waals surface area contributed by atoms with Crippen LogP contribution in [0.15, 0.2) is 41.1 Å². The number of pyridine rings is 1. The van der Waals surface area contributed by atoms with E-state index in [0.29, 0.717) is 47.1 Å². The lowest BCUT2D eigenvalue weighted by molar-refractivity contribution is -0.134. The topological polar surface area (TPSA) is 136 Å². The summed E-state index contributed by atoms with van der Waals surface area (Å²) in [5.74, 6) is -3.94. The zero-order valence-corrected chi connectivity index (χ0v) is 19.6. The van der Waals surface area contributed by atoms with Crippen LogP contribution in [-0.2, 0) is 20.8 Å². The first-order valence-electron chi connectivity index (χ1n) is 11.3. The van der Waals surface area contributed by atoms with Crippen molar-refractivity contribution in [2.24, 2.45) is 17.8 Å². The maximum absolute atomic E-state index is 13.6. The standard InChI is InChI=1S/C27H24FNO5.H2O.2H2/c1-11-6-15-8-16-9-18-17(14-4-5-19(28)29-10-14)7-12(2)24(31)23(18)27(34)22(16)26(33)21(15)25(32)20(11)13(3)30;;;/h4-5,7,10,15-16,21,31,34H,6,8-9H2,1-3H3;1H2;2*1H. The first-order valence-corrected chi connectivity index (χ1v) is 11.3. The molecule has 1 saturated carbocycles. The normalized spacial score (nSPS) is 23.4. The molecule has 7 nitrogen and oxygen atoms in total. The molecule has 0 aliphatic heterocycles. The van der Waals surface area contributed by atoms with Crippen molar-refractivity contribution in [1.82, 2.24) is 4.98 Å². The maximum Gasteiger partial charge on any atom is 0.212 e. The van der Waals surface area contributed by atoms with Gasteiger partial charge in [0.05, 0.1) is 17.1 Å². The van der Waals surface area contributed by atoms with Gasteiger partial charge >= 0.3 is 0 Å². The molecule has 1 aromatic heterocycles. The molecule has 0 spiro atoms. The lowest BCUT2D eigenvalue weighted by atomic mass is 9.60. The van der Waals surface area contributed by atoms with Crippen molar-refractivity contribution < 1.29 is 37.3 Å². The Bertz CT molecular complexity index is 1370. The van der Waals surface area contributed by atoms with Gasteiger partial charge in [0.1, 0.15) is 11.5 Å². The van der Waals surface area contributed by atoms with Crippen LogP contribution >= 0.6 is 0 Å². The fourth-order valence-corrected chi connectivity index (χ4v) is 6.05. The van der Waals surface area contributed by atoms with E-state index in [0.717, 1.165) is 0 Å². The molecule has 3 aliphatic carbocycles. The summed E-state index contributed by atoms with van der Waals surface area (Å²) in [7, 11) is 0. The number of rotatable bonds is 2. The fourth-order valence-electron chi connectivity index (χ4n) is 6.05. The third-order valence-corrected chi connectivity index (χ3v) is 7.47. The van der Waals surface area contributed by atoms with Gasteiger partial charge in [0, 0.05) is 20.2 Å². The number of hydrogen-bond acceptors (Lipinski definition) is 6. The van der Waals surface area contributed by atoms with Crippen LogP contribution in [-0.4, -0.2) is 38.0 Å². The summed E-state index contributed by atoms with van der Waals surface area (Å²) in [5.41, 5.74) is 3.58. The second-order valence-electron chi connectivity index (χ2n) is 9.59. The molecule has 0 saturated heterocycles. The number of fused-ring (bicyclic) bond motifs is 3. The summed E-state index contributed by atoms with van der Waals surface area (Å²) in [4.78, 5) is 42.5. The Balaban J connectivity index is 0.00000160. The van der Waals surface area contributed by atoms with E-state index >= 15 is 0 Å². The van der Waals surface area contributed by atoms with Gasteiger partial charge in [-0.3, -0.25) is 14.4 Å². The SMILES string of the molecule is CC(=O)C1=C(C)CC2CC3Cc4c(-c5ccc(F)nc5)cc(C)c(O)c4C(O)=C3C(=O)C2C1=O.O.[HH].[HH]. The molecule has 35 heavy (non-hydrogen) atoms. The number of carbonyl (C=O) groups is 3. The average molecular weight is 484 g/mol. The zero-order valence-electron chi connectivity index (χ0n) is 19.6. The molecule has 4 N–H and O–H groups in total. The Morgan fingerprint density at radius 3 is 2.49 bits per heavy atom. The van der Waals surface area contributed by atoms with Gasteiger partial charge in [-0.15, -0.1) is 0 Å². The van der Waals surface area contributed by atoms with Gasteiger partial charge in [0.25, 0.3) is 0 Å². The van der Waals surface area contributed by atoms with Gasteiger partial charge in [0.2, 0.25) is 5.95 Å².